The Kier molecular flexibility index (Phi) is 2.22. The van der Waals surface area contributed by atoms with Gasteiger partial charge in [-0.05, 0) is 12.8 Å². The predicted molar refractivity (Wildman–Crippen MR) is 63.4 cm³/mol. The Morgan fingerprint density at radius 2 is 2.12 bits per heavy atom. The Labute approximate surface area is 102 Å². The number of thioether (sulfide) groups is 1. The van der Waals surface area contributed by atoms with Crippen LogP contribution in [0, 0.1) is 0 Å². The summed E-state index contributed by atoms with van der Waals surface area (Å²) in [6.45, 7) is 0. The zero-order valence-corrected chi connectivity index (χ0v) is 9.89. The lowest BCUT2D eigenvalue weighted by Gasteiger charge is -2.31. The molecule has 2 aliphatic rings. The molecular formula is C11H12N2O3S. The zero-order chi connectivity index (χ0) is 12.0. The summed E-state index contributed by atoms with van der Waals surface area (Å²) in [7, 11) is 0. The van der Waals surface area contributed by atoms with Crippen LogP contribution in [0.2, 0.25) is 0 Å². The van der Waals surface area contributed by atoms with Gasteiger partial charge in [-0.25, -0.2) is 4.79 Å². The molecule has 1 aliphatic carbocycles. The summed E-state index contributed by atoms with van der Waals surface area (Å²) in [4.78, 5) is 26.6. The number of amides is 1. The molecule has 0 saturated heterocycles. The summed E-state index contributed by atoms with van der Waals surface area (Å²) in [5.41, 5.74) is 0.485. The summed E-state index contributed by atoms with van der Waals surface area (Å²) < 4.78 is -0.370. The highest BCUT2D eigenvalue weighted by molar-refractivity contribution is 8.01. The second-order valence-electron chi connectivity index (χ2n) is 4.47. The quantitative estimate of drug-likeness (QED) is 0.714. The van der Waals surface area contributed by atoms with Crippen molar-refractivity contribution in [3.05, 3.63) is 11.9 Å². The molecule has 0 atom stereocenters. The van der Waals surface area contributed by atoms with E-state index in [2.05, 4.69) is 10.3 Å². The second kappa shape index (κ2) is 3.53. The van der Waals surface area contributed by atoms with Crippen LogP contribution in [-0.4, -0.2) is 26.7 Å². The predicted octanol–water partition coefficient (Wildman–Crippen LogP) is 2.07. The first kappa shape index (κ1) is 10.7. The number of fused-ring (bicyclic) bond motifs is 1. The van der Waals surface area contributed by atoms with E-state index < -0.39 is 5.97 Å². The standard InChI is InChI=1S/C11H12N2O3S/c14-9(15)8-7-6(5-12-8)17-11(10(16)13-7)3-1-2-4-11/h5,12H,1-4H2,(H,13,16)(H,14,15). The van der Waals surface area contributed by atoms with E-state index in [1.807, 2.05) is 0 Å². The van der Waals surface area contributed by atoms with Gasteiger partial charge in [0.2, 0.25) is 5.91 Å². The highest BCUT2D eigenvalue weighted by atomic mass is 32.2. The van der Waals surface area contributed by atoms with E-state index in [-0.39, 0.29) is 16.3 Å². The molecule has 1 fully saturated rings. The molecule has 0 unspecified atom stereocenters. The molecule has 90 valence electrons. The number of rotatable bonds is 1. The van der Waals surface area contributed by atoms with E-state index in [9.17, 15) is 9.59 Å². The largest absolute Gasteiger partial charge is 0.477 e. The number of anilines is 1. The molecule has 0 bridgehead atoms. The molecule has 0 radical (unpaired) electrons. The summed E-state index contributed by atoms with van der Waals surface area (Å²) >= 11 is 1.51. The smallest absolute Gasteiger partial charge is 0.354 e. The third kappa shape index (κ3) is 1.47. The molecule has 1 amide bonds. The molecule has 0 aromatic carbocycles. The molecule has 1 aliphatic heterocycles. The Balaban J connectivity index is 2.02. The van der Waals surface area contributed by atoms with Crippen molar-refractivity contribution in [3.63, 3.8) is 0 Å². The van der Waals surface area contributed by atoms with Gasteiger partial charge in [0.1, 0.15) is 5.69 Å². The number of carbonyl (C=O) groups excluding carboxylic acids is 1. The first-order valence-corrected chi connectivity index (χ1v) is 6.39. The van der Waals surface area contributed by atoms with Crippen LogP contribution in [0.25, 0.3) is 0 Å². The fraction of sp³-hybridized carbons (Fsp3) is 0.455. The van der Waals surface area contributed by atoms with Gasteiger partial charge in [-0.2, -0.15) is 0 Å². The van der Waals surface area contributed by atoms with Gasteiger partial charge in [0.15, 0.2) is 0 Å². The van der Waals surface area contributed by atoms with E-state index in [1.54, 1.807) is 6.20 Å². The van der Waals surface area contributed by atoms with Crippen molar-refractivity contribution in [2.45, 2.75) is 35.3 Å². The minimum absolute atomic E-state index is 0.0467. The van der Waals surface area contributed by atoms with Crippen LogP contribution in [-0.2, 0) is 4.79 Å². The molecule has 1 aromatic rings. The number of hydrogen-bond donors (Lipinski definition) is 3. The maximum absolute atomic E-state index is 12.1. The average molecular weight is 252 g/mol. The Hall–Kier alpha value is -1.43. The van der Waals surface area contributed by atoms with Gasteiger partial charge in [0.05, 0.1) is 15.3 Å². The Morgan fingerprint density at radius 3 is 2.76 bits per heavy atom. The minimum Gasteiger partial charge on any atom is -0.477 e. The number of aromatic nitrogens is 1. The van der Waals surface area contributed by atoms with Crippen molar-refractivity contribution in [1.29, 1.82) is 0 Å². The average Bonchev–Trinajstić information content (AvgIpc) is 2.87. The van der Waals surface area contributed by atoms with E-state index in [0.29, 0.717) is 5.69 Å². The SMILES string of the molecule is O=C(O)c1[nH]cc2c1NC(=O)C1(CCCC1)S2. The van der Waals surface area contributed by atoms with Gasteiger partial charge in [-0.3, -0.25) is 4.79 Å². The summed E-state index contributed by atoms with van der Waals surface area (Å²) in [6.07, 6.45) is 5.54. The van der Waals surface area contributed by atoms with Gasteiger partial charge in [0.25, 0.3) is 0 Å². The van der Waals surface area contributed by atoms with Crippen molar-refractivity contribution in [1.82, 2.24) is 4.98 Å². The van der Waals surface area contributed by atoms with Crippen molar-refractivity contribution >= 4 is 29.3 Å². The van der Waals surface area contributed by atoms with E-state index in [0.717, 1.165) is 30.6 Å². The molecule has 3 rings (SSSR count). The number of aromatic carboxylic acids is 1. The Bertz CT molecular complexity index is 503. The van der Waals surface area contributed by atoms with Crippen LogP contribution < -0.4 is 5.32 Å². The van der Waals surface area contributed by atoms with Crippen LogP contribution in [0.15, 0.2) is 11.1 Å². The fourth-order valence-corrected chi connectivity index (χ4v) is 3.97. The highest BCUT2D eigenvalue weighted by Crippen LogP contribution is 2.51. The number of aromatic amines is 1. The van der Waals surface area contributed by atoms with Crippen molar-refractivity contribution in [3.8, 4) is 0 Å². The third-order valence-electron chi connectivity index (χ3n) is 3.43. The van der Waals surface area contributed by atoms with Gasteiger partial charge >= 0.3 is 5.97 Å². The van der Waals surface area contributed by atoms with Gasteiger partial charge in [-0.15, -0.1) is 11.8 Å². The molecule has 2 heterocycles. The molecule has 1 saturated carbocycles. The highest BCUT2D eigenvalue weighted by Gasteiger charge is 2.46. The topological polar surface area (TPSA) is 82.2 Å². The molecule has 17 heavy (non-hydrogen) atoms. The molecule has 1 spiro atoms. The number of hydrogen-bond acceptors (Lipinski definition) is 3. The van der Waals surface area contributed by atoms with E-state index in [4.69, 9.17) is 5.11 Å². The number of carboxylic acid groups (broad SMARTS) is 1. The monoisotopic (exact) mass is 252 g/mol. The van der Waals surface area contributed by atoms with Crippen LogP contribution in [0.5, 0.6) is 0 Å². The van der Waals surface area contributed by atoms with Crippen LogP contribution in [0.3, 0.4) is 0 Å². The summed E-state index contributed by atoms with van der Waals surface area (Å²) in [5.74, 6) is -1.09. The van der Waals surface area contributed by atoms with Crippen LogP contribution in [0.4, 0.5) is 5.69 Å². The molecule has 5 nitrogen and oxygen atoms in total. The molecule has 6 heteroatoms. The number of nitrogens with one attached hydrogen (secondary N) is 2. The molecular weight excluding hydrogens is 240 g/mol. The summed E-state index contributed by atoms with van der Waals surface area (Å²) in [5, 5.41) is 11.7. The lowest BCUT2D eigenvalue weighted by molar-refractivity contribution is -0.118. The maximum Gasteiger partial charge on any atom is 0.354 e. The van der Waals surface area contributed by atoms with Crippen molar-refractivity contribution in [2.75, 3.05) is 5.32 Å². The summed E-state index contributed by atoms with van der Waals surface area (Å²) in [6, 6.07) is 0. The van der Waals surface area contributed by atoms with Crippen molar-refractivity contribution in [2.24, 2.45) is 0 Å². The first-order chi connectivity index (χ1) is 8.12. The van der Waals surface area contributed by atoms with Gasteiger partial charge in [-0.1, -0.05) is 12.8 Å². The first-order valence-electron chi connectivity index (χ1n) is 5.57. The lowest BCUT2D eigenvalue weighted by atomic mass is 10.1. The van der Waals surface area contributed by atoms with Crippen molar-refractivity contribution < 1.29 is 14.7 Å². The van der Waals surface area contributed by atoms with Crippen LogP contribution >= 0.6 is 11.8 Å². The second-order valence-corrected chi connectivity index (χ2v) is 5.89. The Morgan fingerprint density at radius 1 is 1.41 bits per heavy atom. The third-order valence-corrected chi connectivity index (χ3v) is 4.95. The lowest BCUT2D eigenvalue weighted by Crippen LogP contribution is -2.40. The number of carboxylic acids is 1. The minimum atomic E-state index is -1.05. The number of carbonyl (C=O) groups is 2. The zero-order valence-electron chi connectivity index (χ0n) is 9.08. The molecule has 1 aromatic heterocycles. The van der Waals surface area contributed by atoms with Gasteiger partial charge < -0.3 is 15.4 Å². The van der Waals surface area contributed by atoms with E-state index in [1.165, 1.54) is 11.8 Å². The number of H-pyrrole nitrogens is 1. The maximum atomic E-state index is 12.1. The normalized spacial score (nSPS) is 21.3. The fourth-order valence-electron chi connectivity index (χ4n) is 2.54. The van der Waals surface area contributed by atoms with Crippen LogP contribution in [0.1, 0.15) is 36.2 Å². The molecule has 3 N–H and O–H groups in total. The van der Waals surface area contributed by atoms with E-state index >= 15 is 0 Å². The van der Waals surface area contributed by atoms with Gasteiger partial charge in [0, 0.05) is 6.20 Å².